The van der Waals surface area contributed by atoms with Crippen LogP contribution in [-0.2, 0) is 11.3 Å². The minimum atomic E-state index is -0.0141. The number of benzene rings is 2. The van der Waals surface area contributed by atoms with E-state index in [-0.39, 0.29) is 18.3 Å². The average molecular weight is 349 g/mol. The van der Waals surface area contributed by atoms with Gasteiger partial charge in [-0.15, -0.1) is 0 Å². The summed E-state index contributed by atoms with van der Waals surface area (Å²) >= 11 is 0. The van der Waals surface area contributed by atoms with E-state index < -0.39 is 0 Å². The molecule has 4 nitrogen and oxygen atoms in total. The lowest BCUT2D eigenvalue weighted by Gasteiger charge is -2.28. The maximum absolute atomic E-state index is 9.82. The van der Waals surface area contributed by atoms with Crippen LogP contribution in [0.4, 0.5) is 0 Å². The number of ether oxygens (including phenoxy) is 1. The lowest BCUT2D eigenvalue weighted by molar-refractivity contribution is 0.000390. The molecule has 0 amide bonds. The Kier molecular flexibility index (Phi) is 3.11. The van der Waals surface area contributed by atoms with Crippen molar-refractivity contribution >= 4 is 21.9 Å². The van der Waals surface area contributed by atoms with Gasteiger partial charge in [0.1, 0.15) is 11.2 Å². The standard InChI is InChI=1S/C22H23NO3/c24-12-17-18-11-23(13-22(18)9-8-20(17)26-22)10-14-4-3-6-16-15-5-1-2-7-19(15)25-21(14)16/h1-7,17-18,20,24H,8-13H2/t17-,18+,20+,22+/m0/s1. The van der Waals surface area contributed by atoms with Crippen LogP contribution in [0.15, 0.2) is 46.9 Å². The number of aliphatic hydroxyl groups excluding tert-OH is 1. The van der Waals surface area contributed by atoms with Crippen LogP contribution in [0.3, 0.4) is 0 Å². The van der Waals surface area contributed by atoms with E-state index in [1.54, 1.807) is 0 Å². The van der Waals surface area contributed by atoms with Crippen molar-refractivity contribution in [1.29, 1.82) is 0 Å². The zero-order valence-corrected chi connectivity index (χ0v) is 14.7. The highest BCUT2D eigenvalue weighted by Crippen LogP contribution is 2.54. The lowest BCUT2D eigenvalue weighted by Crippen LogP contribution is -2.37. The van der Waals surface area contributed by atoms with Gasteiger partial charge in [-0.25, -0.2) is 0 Å². The van der Waals surface area contributed by atoms with Crippen molar-refractivity contribution < 1.29 is 14.3 Å². The summed E-state index contributed by atoms with van der Waals surface area (Å²) in [5.74, 6) is 0.789. The lowest BCUT2D eigenvalue weighted by atomic mass is 9.74. The smallest absolute Gasteiger partial charge is 0.139 e. The normalized spacial score (nSPS) is 33.5. The molecule has 0 radical (unpaired) electrons. The Labute approximate surface area is 152 Å². The van der Waals surface area contributed by atoms with Crippen LogP contribution in [0.25, 0.3) is 21.9 Å². The average Bonchev–Trinajstić information content (AvgIpc) is 3.38. The quantitative estimate of drug-likeness (QED) is 0.785. The second-order valence-electron chi connectivity index (χ2n) is 8.27. The predicted molar refractivity (Wildman–Crippen MR) is 99.9 cm³/mol. The fraction of sp³-hybridized carbons (Fsp3) is 0.455. The Morgan fingerprint density at radius 2 is 2.00 bits per heavy atom. The number of hydrogen-bond donors (Lipinski definition) is 1. The molecule has 3 aliphatic heterocycles. The van der Waals surface area contributed by atoms with E-state index in [1.165, 1.54) is 16.3 Å². The molecule has 3 aliphatic rings. The summed E-state index contributed by atoms with van der Waals surface area (Å²) in [6, 6.07) is 14.7. The fourth-order valence-corrected chi connectivity index (χ4v) is 5.82. The van der Waals surface area contributed by atoms with Gasteiger partial charge in [-0.1, -0.05) is 36.4 Å². The monoisotopic (exact) mass is 349 g/mol. The maximum Gasteiger partial charge on any atom is 0.139 e. The summed E-state index contributed by atoms with van der Waals surface area (Å²) in [7, 11) is 0. The molecule has 4 heteroatoms. The third kappa shape index (κ3) is 1.95. The predicted octanol–water partition coefficient (Wildman–Crippen LogP) is 3.56. The van der Waals surface area contributed by atoms with Crippen LogP contribution < -0.4 is 0 Å². The molecular weight excluding hydrogens is 326 g/mol. The van der Waals surface area contributed by atoms with Crippen molar-refractivity contribution in [3.05, 3.63) is 48.0 Å². The molecule has 2 aromatic carbocycles. The largest absolute Gasteiger partial charge is 0.456 e. The van der Waals surface area contributed by atoms with Gasteiger partial charge in [0.05, 0.1) is 11.7 Å². The number of likely N-dealkylation sites (tertiary alicyclic amines) is 1. The Hall–Kier alpha value is -1.88. The van der Waals surface area contributed by atoms with Crippen molar-refractivity contribution in [3.8, 4) is 0 Å². The first-order valence-corrected chi connectivity index (χ1v) is 9.68. The summed E-state index contributed by atoms with van der Waals surface area (Å²) in [5, 5.41) is 12.2. The first kappa shape index (κ1) is 15.2. The number of furan rings is 1. The third-order valence-corrected chi connectivity index (χ3v) is 6.94. The molecule has 3 aromatic rings. The van der Waals surface area contributed by atoms with Crippen LogP contribution in [0, 0.1) is 11.8 Å². The topological polar surface area (TPSA) is 45.8 Å². The zero-order valence-electron chi connectivity index (χ0n) is 14.7. The Morgan fingerprint density at radius 3 is 2.92 bits per heavy atom. The summed E-state index contributed by atoms with van der Waals surface area (Å²) in [6.45, 7) is 3.12. The van der Waals surface area contributed by atoms with Gasteiger partial charge in [-0.05, 0) is 18.9 Å². The van der Waals surface area contributed by atoms with Gasteiger partial charge in [0, 0.05) is 54.4 Å². The van der Waals surface area contributed by atoms with Crippen molar-refractivity contribution in [2.75, 3.05) is 19.7 Å². The first-order valence-electron chi connectivity index (χ1n) is 9.68. The Morgan fingerprint density at radius 1 is 1.12 bits per heavy atom. The number of rotatable bonds is 3. The summed E-state index contributed by atoms with van der Waals surface area (Å²) in [5.41, 5.74) is 3.19. The maximum atomic E-state index is 9.82. The Bertz CT molecular complexity index is 995. The van der Waals surface area contributed by atoms with Gasteiger partial charge < -0.3 is 14.3 Å². The van der Waals surface area contributed by atoms with Crippen LogP contribution in [0.5, 0.6) is 0 Å². The second kappa shape index (κ2) is 5.32. The van der Waals surface area contributed by atoms with Gasteiger partial charge in [0.25, 0.3) is 0 Å². The van der Waals surface area contributed by atoms with Crippen LogP contribution in [0.2, 0.25) is 0 Å². The van der Waals surface area contributed by atoms with Crippen molar-refractivity contribution in [1.82, 2.24) is 4.90 Å². The van der Waals surface area contributed by atoms with Gasteiger partial charge >= 0.3 is 0 Å². The van der Waals surface area contributed by atoms with E-state index in [2.05, 4.69) is 35.2 Å². The van der Waals surface area contributed by atoms with Crippen molar-refractivity contribution in [2.45, 2.75) is 31.1 Å². The molecule has 0 unspecified atom stereocenters. The zero-order chi connectivity index (χ0) is 17.3. The minimum absolute atomic E-state index is 0.0141. The summed E-state index contributed by atoms with van der Waals surface area (Å²) in [6.07, 6.45) is 2.53. The number of hydrogen-bond acceptors (Lipinski definition) is 4. The first-order chi connectivity index (χ1) is 12.8. The van der Waals surface area contributed by atoms with Crippen LogP contribution >= 0.6 is 0 Å². The molecule has 26 heavy (non-hydrogen) atoms. The number of nitrogens with zero attached hydrogens (tertiary/aromatic N) is 1. The van der Waals surface area contributed by atoms with E-state index in [1.807, 2.05) is 12.1 Å². The second-order valence-corrected chi connectivity index (χ2v) is 8.27. The van der Waals surface area contributed by atoms with E-state index in [0.717, 1.165) is 43.6 Å². The third-order valence-electron chi connectivity index (χ3n) is 6.94. The summed E-state index contributed by atoms with van der Waals surface area (Å²) < 4.78 is 12.6. The van der Waals surface area contributed by atoms with Crippen LogP contribution in [0.1, 0.15) is 18.4 Å². The molecule has 3 fully saturated rings. The van der Waals surface area contributed by atoms with Crippen molar-refractivity contribution in [3.63, 3.8) is 0 Å². The van der Waals surface area contributed by atoms with E-state index in [0.29, 0.717) is 11.8 Å². The molecule has 1 N–H and O–H groups in total. The van der Waals surface area contributed by atoms with Gasteiger partial charge in [0.2, 0.25) is 0 Å². The number of para-hydroxylation sites is 2. The molecule has 2 bridgehead atoms. The SMILES string of the molecule is OC[C@H]1[C@H]2CN(Cc3cccc4c3oc3ccccc34)C[C@]23CC[C@H]1O3. The highest BCUT2D eigenvalue weighted by atomic mass is 16.5. The van der Waals surface area contributed by atoms with Gasteiger partial charge in [-0.3, -0.25) is 4.90 Å². The van der Waals surface area contributed by atoms with Gasteiger partial charge in [0.15, 0.2) is 0 Å². The molecule has 134 valence electrons. The molecule has 4 atom stereocenters. The molecular formula is C22H23NO3. The molecule has 1 aromatic heterocycles. The highest BCUT2D eigenvalue weighted by Gasteiger charge is 2.62. The molecule has 0 aliphatic carbocycles. The molecule has 4 heterocycles. The molecule has 6 rings (SSSR count). The molecule has 3 saturated heterocycles. The number of fused-ring (bicyclic) bond motifs is 4. The number of aliphatic hydroxyl groups is 1. The van der Waals surface area contributed by atoms with Crippen LogP contribution in [-0.4, -0.2) is 41.4 Å². The van der Waals surface area contributed by atoms with Crippen molar-refractivity contribution in [2.24, 2.45) is 11.8 Å². The molecule has 1 spiro atoms. The van der Waals surface area contributed by atoms with E-state index in [9.17, 15) is 5.11 Å². The Balaban J connectivity index is 1.34. The fourth-order valence-electron chi connectivity index (χ4n) is 5.82. The van der Waals surface area contributed by atoms with E-state index >= 15 is 0 Å². The highest BCUT2D eigenvalue weighted by molar-refractivity contribution is 6.05. The van der Waals surface area contributed by atoms with E-state index in [4.69, 9.17) is 9.15 Å². The van der Waals surface area contributed by atoms with Gasteiger partial charge in [-0.2, -0.15) is 0 Å². The summed E-state index contributed by atoms with van der Waals surface area (Å²) in [4.78, 5) is 2.50. The minimum Gasteiger partial charge on any atom is -0.456 e. The molecule has 0 saturated carbocycles.